The first-order valence-electron chi connectivity index (χ1n) is 7.02. The molecule has 2 aromatic rings. The summed E-state index contributed by atoms with van der Waals surface area (Å²) in [6.45, 7) is 0.882. The zero-order chi connectivity index (χ0) is 15.7. The van der Waals surface area contributed by atoms with E-state index >= 15 is 0 Å². The summed E-state index contributed by atoms with van der Waals surface area (Å²) in [6, 6.07) is 8.30. The molecule has 6 heteroatoms. The van der Waals surface area contributed by atoms with Gasteiger partial charge in [-0.3, -0.25) is 9.69 Å². The predicted molar refractivity (Wildman–Crippen MR) is 89.5 cm³/mol. The monoisotopic (exact) mass is 314 g/mol. The quantitative estimate of drug-likeness (QED) is 0.899. The van der Waals surface area contributed by atoms with Crippen LogP contribution in [0.4, 0.5) is 5.69 Å². The molecule has 0 aliphatic carbocycles. The third-order valence-electron chi connectivity index (χ3n) is 3.63. The third kappa shape index (κ3) is 3.03. The van der Waals surface area contributed by atoms with Gasteiger partial charge in [0, 0.05) is 13.0 Å². The fourth-order valence-corrected chi connectivity index (χ4v) is 3.51. The zero-order valence-electron chi connectivity index (χ0n) is 12.4. The van der Waals surface area contributed by atoms with Gasteiger partial charge >= 0.3 is 0 Å². The average Bonchev–Trinajstić information content (AvgIpc) is 2.84. The summed E-state index contributed by atoms with van der Waals surface area (Å²) in [6.07, 6.45) is 0.843. The first-order chi connectivity index (χ1) is 10.5. The Morgan fingerprint density at radius 2 is 2.18 bits per heavy atom. The van der Waals surface area contributed by atoms with Crippen molar-refractivity contribution in [2.45, 2.75) is 13.0 Å². The van der Waals surface area contributed by atoms with Gasteiger partial charge in [-0.05, 0) is 41.3 Å². The largest absolute Gasteiger partial charge is 0.382 e. The Balaban J connectivity index is 1.88. The minimum absolute atomic E-state index is 0.236. The number of thiophene rings is 1. The number of carbonyl (C=O) groups excluding carboxylic acids is 1. The van der Waals surface area contributed by atoms with Crippen molar-refractivity contribution in [3.63, 3.8) is 0 Å². The molecule has 1 aliphatic rings. The molecule has 0 saturated heterocycles. The van der Waals surface area contributed by atoms with Gasteiger partial charge in [0.2, 0.25) is 5.91 Å². The summed E-state index contributed by atoms with van der Waals surface area (Å²) in [7, 11) is 1.87. The van der Waals surface area contributed by atoms with Crippen LogP contribution in [0.5, 0.6) is 0 Å². The van der Waals surface area contributed by atoms with Crippen LogP contribution in [0.1, 0.15) is 21.6 Å². The second-order valence-electron chi connectivity index (χ2n) is 5.55. The molecule has 0 bridgehead atoms. The SMILES string of the molecule is CN(CC(N)=O)Cc1ccc2c(c1)N=C(N)c1sccc1C2. The van der Waals surface area contributed by atoms with Crippen molar-refractivity contribution in [3.8, 4) is 0 Å². The van der Waals surface area contributed by atoms with E-state index < -0.39 is 0 Å². The summed E-state index contributed by atoms with van der Waals surface area (Å²) in [5.41, 5.74) is 15.7. The second-order valence-corrected chi connectivity index (χ2v) is 6.47. The Morgan fingerprint density at radius 3 is 2.95 bits per heavy atom. The van der Waals surface area contributed by atoms with Gasteiger partial charge in [0.15, 0.2) is 0 Å². The van der Waals surface area contributed by atoms with Crippen LogP contribution in [-0.2, 0) is 17.8 Å². The normalized spacial score (nSPS) is 13.3. The Bertz CT molecular complexity index is 750. The molecule has 1 amide bonds. The molecule has 1 aromatic heterocycles. The first-order valence-corrected chi connectivity index (χ1v) is 7.90. The van der Waals surface area contributed by atoms with Crippen molar-refractivity contribution < 1.29 is 4.79 Å². The number of hydrogen-bond donors (Lipinski definition) is 2. The van der Waals surface area contributed by atoms with Crippen LogP contribution in [0.2, 0.25) is 0 Å². The van der Waals surface area contributed by atoms with Crippen LogP contribution >= 0.6 is 11.3 Å². The molecule has 0 atom stereocenters. The number of carbonyl (C=O) groups is 1. The lowest BCUT2D eigenvalue weighted by molar-refractivity contribution is -0.118. The number of benzene rings is 1. The minimum atomic E-state index is -0.330. The van der Waals surface area contributed by atoms with Gasteiger partial charge in [-0.1, -0.05) is 12.1 Å². The Kier molecular flexibility index (Phi) is 3.96. The zero-order valence-corrected chi connectivity index (χ0v) is 13.2. The van der Waals surface area contributed by atoms with E-state index in [1.807, 2.05) is 23.4 Å². The van der Waals surface area contributed by atoms with E-state index in [-0.39, 0.29) is 12.5 Å². The smallest absolute Gasteiger partial charge is 0.231 e. The Hall–Kier alpha value is -2.18. The van der Waals surface area contributed by atoms with Crippen LogP contribution in [0, 0.1) is 0 Å². The van der Waals surface area contributed by atoms with Gasteiger partial charge in [0.25, 0.3) is 0 Å². The van der Waals surface area contributed by atoms with Crippen LogP contribution in [0.15, 0.2) is 34.6 Å². The third-order valence-corrected chi connectivity index (χ3v) is 4.61. The molecule has 0 spiro atoms. The number of amidine groups is 1. The fourth-order valence-electron chi connectivity index (χ4n) is 2.68. The number of aliphatic imine (C=N–C) groups is 1. The van der Waals surface area contributed by atoms with Crippen molar-refractivity contribution in [1.29, 1.82) is 0 Å². The van der Waals surface area contributed by atoms with E-state index in [1.54, 1.807) is 11.3 Å². The number of hydrogen-bond acceptors (Lipinski definition) is 5. The maximum absolute atomic E-state index is 11.0. The van der Waals surface area contributed by atoms with Gasteiger partial charge in [-0.25, -0.2) is 4.99 Å². The highest BCUT2D eigenvalue weighted by molar-refractivity contribution is 7.12. The van der Waals surface area contributed by atoms with Crippen LogP contribution in [0.3, 0.4) is 0 Å². The van der Waals surface area contributed by atoms with Gasteiger partial charge in [-0.15, -0.1) is 11.3 Å². The summed E-state index contributed by atoms with van der Waals surface area (Å²) >= 11 is 1.62. The summed E-state index contributed by atoms with van der Waals surface area (Å²) < 4.78 is 0. The minimum Gasteiger partial charge on any atom is -0.382 e. The number of fused-ring (bicyclic) bond motifs is 2. The summed E-state index contributed by atoms with van der Waals surface area (Å²) in [4.78, 5) is 18.5. The van der Waals surface area contributed by atoms with Crippen LogP contribution in [0.25, 0.3) is 0 Å². The lowest BCUT2D eigenvalue weighted by Gasteiger charge is -2.15. The Morgan fingerprint density at radius 1 is 1.36 bits per heavy atom. The van der Waals surface area contributed by atoms with E-state index in [1.165, 1.54) is 11.1 Å². The van der Waals surface area contributed by atoms with E-state index in [0.717, 1.165) is 22.5 Å². The topological polar surface area (TPSA) is 84.7 Å². The highest BCUT2D eigenvalue weighted by Crippen LogP contribution is 2.31. The number of primary amides is 1. The Labute approximate surface area is 133 Å². The van der Waals surface area contributed by atoms with Gasteiger partial charge in [0.05, 0.1) is 17.1 Å². The van der Waals surface area contributed by atoms with Gasteiger partial charge in [-0.2, -0.15) is 0 Å². The number of rotatable bonds is 4. The molecule has 0 fully saturated rings. The van der Waals surface area contributed by atoms with E-state index in [0.29, 0.717) is 12.4 Å². The van der Waals surface area contributed by atoms with Crippen molar-refractivity contribution in [1.82, 2.24) is 4.90 Å². The fraction of sp³-hybridized carbons (Fsp3) is 0.250. The maximum atomic E-state index is 11.0. The molecule has 114 valence electrons. The molecule has 1 aromatic carbocycles. The molecule has 0 saturated carbocycles. The van der Waals surface area contributed by atoms with Crippen LogP contribution in [-0.4, -0.2) is 30.2 Å². The van der Waals surface area contributed by atoms with E-state index in [2.05, 4.69) is 23.2 Å². The van der Waals surface area contributed by atoms with E-state index in [4.69, 9.17) is 11.5 Å². The number of amides is 1. The number of likely N-dealkylation sites (N-methyl/N-ethyl adjacent to an activating group) is 1. The predicted octanol–water partition coefficient (Wildman–Crippen LogP) is 1.61. The van der Waals surface area contributed by atoms with Crippen molar-refractivity contribution in [2.75, 3.05) is 13.6 Å². The second kappa shape index (κ2) is 5.90. The molecule has 3 rings (SSSR count). The highest BCUT2D eigenvalue weighted by Gasteiger charge is 2.16. The highest BCUT2D eigenvalue weighted by atomic mass is 32.1. The molecule has 1 aliphatic heterocycles. The van der Waals surface area contributed by atoms with Crippen molar-refractivity contribution >= 4 is 28.8 Å². The van der Waals surface area contributed by atoms with Crippen molar-refractivity contribution in [3.05, 3.63) is 51.2 Å². The molecular weight excluding hydrogens is 296 g/mol. The first kappa shape index (κ1) is 14.7. The molecule has 0 radical (unpaired) electrons. The molecular formula is C16H18N4OS. The number of nitrogens with two attached hydrogens (primary N) is 2. The van der Waals surface area contributed by atoms with Crippen molar-refractivity contribution in [2.24, 2.45) is 16.5 Å². The molecule has 2 heterocycles. The van der Waals surface area contributed by atoms with E-state index in [9.17, 15) is 4.79 Å². The lowest BCUT2D eigenvalue weighted by Crippen LogP contribution is -2.30. The average molecular weight is 314 g/mol. The molecule has 0 unspecified atom stereocenters. The van der Waals surface area contributed by atoms with Crippen LogP contribution < -0.4 is 11.5 Å². The number of nitrogens with zero attached hydrogens (tertiary/aromatic N) is 2. The molecule has 4 N–H and O–H groups in total. The standard InChI is InChI=1S/C16H18N4OS/c1-20(9-14(17)21)8-10-2-3-11-7-12-4-5-22-15(12)16(18)19-13(11)6-10/h2-6H,7-9H2,1H3,(H2,17,21)(H2,18,19). The van der Waals surface area contributed by atoms with Gasteiger partial charge < -0.3 is 11.5 Å². The summed E-state index contributed by atoms with van der Waals surface area (Å²) in [5.74, 6) is 0.246. The van der Waals surface area contributed by atoms with Gasteiger partial charge in [0.1, 0.15) is 5.84 Å². The lowest BCUT2D eigenvalue weighted by atomic mass is 10.0. The molecule has 22 heavy (non-hydrogen) atoms. The maximum Gasteiger partial charge on any atom is 0.231 e. The summed E-state index contributed by atoms with van der Waals surface area (Å²) in [5, 5.41) is 2.05. The molecule has 5 nitrogen and oxygen atoms in total.